The maximum atomic E-state index is 11.9. The minimum Gasteiger partial charge on any atom is -0.382 e. The summed E-state index contributed by atoms with van der Waals surface area (Å²) >= 11 is 0. The van der Waals surface area contributed by atoms with E-state index in [1.54, 1.807) is 24.3 Å². The minimum absolute atomic E-state index is 0.154. The molecule has 0 fully saturated rings. The molecule has 3 N–H and O–H groups in total. The Morgan fingerprint density at radius 2 is 2.05 bits per heavy atom. The van der Waals surface area contributed by atoms with E-state index in [1.807, 2.05) is 0 Å². The summed E-state index contributed by atoms with van der Waals surface area (Å²) in [5, 5.41) is 11.2. The van der Waals surface area contributed by atoms with Gasteiger partial charge in [-0.3, -0.25) is 9.78 Å². The first-order chi connectivity index (χ1) is 9.19. The van der Waals surface area contributed by atoms with E-state index in [9.17, 15) is 4.79 Å². The van der Waals surface area contributed by atoms with Gasteiger partial charge in [0, 0.05) is 5.69 Å². The van der Waals surface area contributed by atoms with Gasteiger partial charge in [-0.1, -0.05) is 12.1 Å². The number of nitrogens with two attached hydrogens (primary N) is 1. The predicted octanol–water partition coefficient (Wildman–Crippen LogP) is 1.38. The lowest BCUT2D eigenvalue weighted by molar-refractivity contribution is 0.102. The summed E-state index contributed by atoms with van der Waals surface area (Å²) in [4.78, 5) is 19.5. The Bertz CT molecular complexity index is 630. The van der Waals surface area contributed by atoms with E-state index < -0.39 is 0 Å². The van der Waals surface area contributed by atoms with Gasteiger partial charge in [-0.15, -0.1) is 0 Å². The zero-order valence-corrected chi connectivity index (χ0v) is 10.00. The Balaban J connectivity index is 2.09. The van der Waals surface area contributed by atoms with E-state index >= 15 is 0 Å². The third-order valence-electron chi connectivity index (χ3n) is 2.38. The topological polar surface area (TPSA) is 105 Å². The van der Waals surface area contributed by atoms with Crippen molar-refractivity contribution in [1.29, 1.82) is 5.26 Å². The van der Waals surface area contributed by atoms with E-state index in [0.717, 1.165) is 5.56 Å². The number of hydrogen-bond acceptors (Lipinski definition) is 5. The second-order valence-corrected chi connectivity index (χ2v) is 3.82. The van der Waals surface area contributed by atoms with Crippen LogP contribution in [0.5, 0.6) is 0 Å². The van der Waals surface area contributed by atoms with Crippen LogP contribution in [-0.2, 0) is 6.42 Å². The fraction of sp³-hybridized carbons (Fsp3) is 0.0769. The van der Waals surface area contributed by atoms with Crippen LogP contribution in [0.1, 0.15) is 16.1 Å². The Morgan fingerprint density at radius 3 is 2.68 bits per heavy atom. The van der Waals surface area contributed by atoms with E-state index in [2.05, 4.69) is 21.4 Å². The second-order valence-electron chi connectivity index (χ2n) is 3.82. The van der Waals surface area contributed by atoms with E-state index in [-0.39, 0.29) is 17.4 Å². The van der Waals surface area contributed by atoms with Crippen LogP contribution in [0.2, 0.25) is 0 Å². The number of nitrogen functional groups attached to an aromatic ring is 1. The Hall–Kier alpha value is -2.94. The minimum atomic E-state index is -0.382. The summed E-state index contributed by atoms with van der Waals surface area (Å²) in [6.45, 7) is 0. The van der Waals surface area contributed by atoms with Gasteiger partial charge in [-0.2, -0.15) is 5.26 Å². The number of nitrogens with one attached hydrogen (secondary N) is 1. The van der Waals surface area contributed by atoms with Crippen molar-refractivity contribution in [3.8, 4) is 6.07 Å². The molecule has 0 aliphatic carbocycles. The number of aromatic nitrogens is 2. The van der Waals surface area contributed by atoms with Crippen LogP contribution >= 0.6 is 0 Å². The molecular weight excluding hydrogens is 242 g/mol. The largest absolute Gasteiger partial charge is 0.382 e. The molecule has 6 nitrogen and oxygen atoms in total. The number of amides is 1. The average molecular weight is 253 g/mol. The number of rotatable bonds is 3. The molecule has 2 aromatic rings. The molecule has 0 saturated heterocycles. The van der Waals surface area contributed by atoms with Crippen molar-refractivity contribution in [3.63, 3.8) is 0 Å². The number of benzene rings is 1. The number of nitriles is 1. The van der Waals surface area contributed by atoms with Gasteiger partial charge in [0.15, 0.2) is 0 Å². The highest BCUT2D eigenvalue weighted by Crippen LogP contribution is 2.11. The molecule has 0 radical (unpaired) electrons. The van der Waals surface area contributed by atoms with Crippen LogP contribution in [-0.4, -0.2) is 15.9 Å². The van der Waals surface area contributed by atoms with Crippen LogP contribution < -0.4 is 11.1 Å². The van der Waals surface area contributed by atoms with Crippen molar-refractivity contribution in [2.75, 3.05) is 11.1 Å². The summed E-state index contributed by atoms with van der Waals surface area (Å²) in [5.41, 5.74) is 7.13. The SMILES string of the molecule is N#CCc1ccc(NC(=O)c2cncc(N)n2)cc1. The molecule has 6 heteroatoms. The molecule has 1 amide bonds. The Kier molecular flexibility index (Phi) is 3.69. The first kappa shape index (κ1) is 12.5. The van der Waals surface area contributed by atoms with Gasteiger partial charge in [-0.25, -0.2) is 4.98 Å². The number of carbonyl (C=O) groups is 1. The number of hydrogen-bond donors (Lipinski definition) is 2. The number of carbonyl (C=O) groups excluding carboxylic acids is 1. The predicted molar refractivity (Wildman–Crippen MR) is 70.2 cm³/mol. The molecule has 19 heavy (non-hydrogen) atoms. The van der Waals surface area contributed by atoms with Crippen LogP contribution in [0.4, 0.5) is 11.5 Å². The van der Waals surface area contributed by atoms with Crippen molar-refractivity contribution < 1.29 is 4.79 Å². The second kappa shape index (κ2) is 5.60. The third-order valence-corrected chi connectivity index (χ3v) is 2.38. The van der Waals surface area contributed by atoms with Gasteiger partial charge >= 0.3 is 0 Å². The highest BCUT2D eigenvalue weighted by atomic mass is 16.1. The summed E-state index contributed by atoms with van der Waals surface area (Å²) < 4.78 is 0. The maximum Gasteiger partial charge on any atom is 0.275 e. The summed E-state index contributed by atoms with van der Waals surface area (Å²) in [6, 6.07) is 9.07. The molecule has 1 aromatic heterocycles. The van der Waals surface area contributed by atoms with Gasteiger partial charge in [0.2, 0.25) is 0 Å². The molecule has 0 aliphatic heterocycles. The van der Waals surface area contributed by atoms with Gasteiger partial charge in [-0.05, 0) is 17.7 Å². The molecule has 2 rings (SSSR count). The van der Waals surface area contributed by atoms with Crippen molar-refractivity contribution >= 4 is 17.4 Å². The molecule has 0 aliphatic rings. The van der Waals surface area contributed by atoms with Crippen molar-refractivity contribution in [2.24, 2.45) is 0 Å². The van der Waals surface area contributed by atoms with Crippen molar-refractivity contribution in [1.82, 2.24) is 9.97 Å². The quantitative estimate of drug-likeness (QED) is 0.859. The van der Waals surface area contributed by atoms with Gasteiger partial charge in [0.25, 0.3) is 5.91 Å². The third kappa shape index (κ3) is 3.26. The average Bonchev–Trinajstić information content (AvgIpc) is 2.41. The lowest BCUT2D eigenvalue weighted by atomic mass is 10.1. The van der Waals surface area contributed by atoms with Crippen molar-refractivity contribution in [2.45, 2.75) is 6.42 Å². The molecule has 0 spiro atoms. The van der Waals surface area contributed by atoms with E-state index in [1.165, 1.54) is 12.4 Å². The standard InChI is InChI=1S/C13H11N5O/c14-6-5-9-1-3-10(4-2-9)17-13(19)11-7-16-8-12(15)18-11/h1-4,7-8H,5H2,(H2,15,18)(H,17,19). The Labute approximate surface area is 109 Å². The van der Waals surface area contributed by atoms with Crippen LogP contribution in [0.3, 0.4) is 0 Å². The van der Waals surface area contributed by atoms with Crippen LogP contribution in [0.25, 0.3) is 0 Å². The molecule has 94 valence electrons. The molecular formula is C13H11N5O. The van der Waals surface area contributed by atoms with E-state index in [4.69, 9.17) is 11.0 Å². The van der Waals surface area contributed by atoms with Gasteiger partial charge in [0.1, 0.15) is 11.5 Å². The normalized spacial score (nSPS) is 9.63. The highest BCUT2D eigenvalue weighted by molar-refractivity contribution is 6.02. The van der Waals surface area contributed by atoms with Crippen molar-refractivity contribution in [3.05, 3.63) is 47.9 Å². The van der Waals surface area contributed by atoms with E-state index in [0.29, 0.717) is 12.1 Å². The van der Waals surface area contributed by atoms with Crippen LogP contribution in [0.15, 0.2) is 36.7 Å². The molecule has 0 atom stereocenters. The van der Waals surface area contributed by atoms with Crippen LogP contribution in [0, 0.1) is 11.3 Å². The highest BCUT2D eigenvalue weighted by Gasteiger charge is 2.08. The zero-order chi connectivity index (χ0) is 13.7. The molecule has 1 heterocycles. The Morgan fingerprint density at radius 1 is 1.32 bits per heavy atom. The summed E-state index contributed by atoms with van der Waals surface area (Å²) in [7, 11) is 0. The first-order valence-electron chi connectivity index (χ1n) is 5.54. The molecule has 0 saturated carbocycles. The lowest BCUT2D eigenvalue weighted by Gasteiger charge is -2.05. The van der Waals surface area contributed by atoms with Gasteiger partial charge in [0.05, 0.1) is 24.9 Å². The molecule has 0 bridgehead atoms. The zero-order valence-electron chi connectivity index (χ0n) is 10.00. The maximum absolute atomic E-state index is 11.9. The lowest BCUT2D eigenvalue weighted by Crippen LogP contribution is -2.14. The molecule has 0 unspecified atom stereocenters. The monoisotopic (exact) mass is 253 g/mol. The fourth-order valence-electron chi connectivity index (χ4n) is 1.48. The summed E-state index contributed by atoms with van der Waals surface area (Å²) in [5.74, 6) is -0.190. The fourth-order valence-corrected chi connectivity index (χ4v) is 1.48. The smallest absolute Gasteiger partial charge is 0.275 e. The molecule has 1 aromatic carbocycles. The number of anilines is 2. The summed E-state index contributed by atoms with van der Waals surface area (Å²) in [6.07, 6.45) is 3.05. The first-order valence-corrected chi connectivity index (χ1v) is 5.54. The van der Waals surface area contributed by atoms with Gasteiger partial charge < -0.3 is 11.1 Å². The number of nitrogens with zero attached hydrogens (tertiary/aromatic N) is 3.